The van der Waals surface area contributed by atoms with Crippen LogP contribution in [0, 0.1) is 23.3 Å². The fourth-order valence-corrected chi connectivity index (χ4v) is 1.32. The molecule has 1 rings (SSSR count). The van der Waals surface area contributed by atoms with Gasteiger partial charge in [0.15, 0.2) is 17.4 Å². The molecule has 0 atom stereocenters. The van der Waals surface area contributed by atoms with Crippen LogP contribution in [0.1, 0.15) is 0 Å². The average Bonchev–Trinajstić information content (AvgIpc) is 2.19. The number of hydrogen-bond donors (Lipinski definition) is 1. The van der Waals surface area contributed by atoms with E-state index < -0.39 is 34.2 Å². The van der Waals surface area contributed by atoms with Crippen molar-refractivity contribution in [2.45, 2.75) is 0 Å². The highest BCUT2D eigenvalue weighted by Gasteiger charge is 2.23. The van der Waals surface area contributed by atoms with Crippen LogP contribution < -0.4 is 9.84 Å². The highest BCUT2D eigenvalue weighted by atomic mass is 28.1. The normalized spacial score (nSPS) is 10.4. The molecule has 75 valence electrons. The molecule has 0 bridgehead atoms. The minimum absolute atomic E-state index is 0.0624. The van der Waals surface area contributed by atoms with E-state index in [0.29, 0.717) is 0 Å². The molecule has 0 unspecified atom stereocenters. The zero-order valence-electron chi connectivity index (χ0n) is 6.94. The van der Waals surface area contributed by atoms with Crippen molar-refractivity contribution in [1.29, 1.82) is 0 Å². The SMILES string of the molecule is O[B]Oc1c(F)c(F)c([SiH3])c(F)c1F. The molecule has 14 heavy (non-hydrogen) atoms. The topological polar surface area (TPSA) is 29.5 Å². The molecule has 2 nitrogen and oxygen atoms in total. The van der Waals surface area contributed by atoms with Crippen molar-refractivity contribution in [2.75, 3.05) is 0 Å². The first kappa shape index (κ1) is 11.1. The van der Waals surface area contributed by atoms with E-state index >= 15 is 0 Å². The lowest BCUT2D eigenvalue weighted by Gasteiger charge is -2.08. The first-order valence-electron chi connectivity index (χ1n) is 3.45. The molecule has 0 fully saturated rings. The molecule has 0 saturated carbocycles. The van der Waals surface area contributed by atoms with Crippen LogP contribution in [0.4, 0.5) is 17.6 Å². The molecule has 0 aliphatic carbocycles. The molecule has 0 aromatic heterocycles. The fourth-order valence-electron chi connectivity index (χ4n) is 0.877. The molecule has 0 aliphatic heterocycles. The predicted molar refractivity (Wildman–Crippen MR) is 44.4 cm³/mol. The highest BCUT2D eigenvalue weighted by molar-refractivity contribution is 6.32. The molecule has 0 heterocycles. The van der Waals surface area contributed by atoms with Crippen molar-refractivity contribution in [3.63, 3.8) is 0 Å². The maximum Gasteiger partial charge on any atom is 0.569 e. The Kier molecular flexibility index (Phi) is 3.17. The van der Waals surface area contributed by atoms with E-state index in [-0.39, 0.29) is 17.9 Å². The predicted octanol–water partition coefficient (Wildman–Crippen LogP) is -0.861. The van der Waals surface area contributed by atoms with Gasteiger partial charge in [0, 0.05) is 15.4 Å². The van der Waals surface area contributed by atoms with Crippen LogP contribution in [0.5, 0.6) is 5.75 Å². The van der Waals surface area contributed by atoms with Crippen molar-refractivity contribution in [3.8, 4) is 5.75 Å². The number of benzene rings is 1. The molecular weight excluding hydrogens is 219 g/mol. The van der Waals surface area contributed by atoms with Crippen LogP contribution in [0.2, 0.25) is 0 Å². The molecule has 0 amide bonds. The van der Waals surface area contributed by atoms with Crippen LogP contribution >= 0.6 is 0 Å². The quantitative estimate of drug-likeness (QED) is 0.401. The maximum absolute atomic E-state index is 12.9. The van der Waals surface area contributed by atoms with Crippen LogP contribution in [0.3, 0.4) is 0 Å². The van der Waals surface area contributed by atoms with Gasteiger partial charge in [0.05, 0.1) is 0 Å². The van der Waals surface area contributed by atoms with Gasteiger partial charge in [0.2, 0.25) is 11.6 Å². The third-order valence-electron chi connectivity index (χ3n) is 1.61. The van der Waals surface area contributed by atoms with Gasteiger partial charge in [-0.3, -0.25) is 0 Å². The van der Waals surface area contributed by atoms with E-state index in [0.717, 1.165) is 0 Å². The van der Waals surface area contributed by atoms with Gasteiger partial charge in [-0.15, -0.1) is 0 Å². The van der Waals surface area contributed by atoms with Gasteiger partial charge in [-0.1, -0.05) is 0 Å². The minimum atomic E-state index is -1.65. The van der Waals surface area contributed by atoms with E-state index in [2.05, 4.69) is 4.65 Å². The minimum Gasteiger partial charge on any atom is -0.533 e. The van der Waals surface area contributed by atoms with Gasteiger partial charge in [-0.2, -0.15) is 8.78 Å². The zero-order chi connectivity index (χ0) is 10.9. The van der Waals surface area contributed by atoms with E-state index in [4.69, 9.17) is 5.02 Å². The molecule has 0 aliphatic rings. The third kappa shape index (κ3) is 1.62. The lowest BCUT2D eigenvalue weighted by atomic mass is 10.2. The molecule has 1 radical (unpaired) electrons. The summed E-state index contributed by atoms with van der Waals surface area (Å²) in [6.07, 6.45) is 0. The molecule has 0 saturated heterocycles. The summed E-state index contributed by atoms with van der Waals surface area (Å²) in [6.45, 7) is 0. The van der Waals surface area contributed by atoms with E-state index in [1.165, 1.54) is 0 Å². The molecule has 1 aromatic carbocycles. The molecule has 0 spiro atoms. The Bertz CT molecular complexity index is 344. The standard InChI is InChI=1S/C6H4BF4O2Si/c8-1-3(10)6(14)4(11)2(9)5(1)13-7-12/h12H,14H3. The van der Waals surface area contributed by atoms with E-state index in [1.54, 1.807) is 0 Å². The molecule has 1 aromatic rings. The van der Waals surface area contributed by atoms with Gasteiger partial charge in [-0.05, 0) is 0 Å². The van der Waals surface area contributed by atoms with Crippen molar-refractivity contribution in [1.82, 2.24) is 0 Å². The summed E-state index contributed by atoms with van der Waals surface area (Å²) in [4.78, 5) is 0. The van der Waals surface area contributed by atoms with Crippen molar-refractivity contribution >= 4 is 23.1 Å². The Labute approximate surface area is 80.2 Å². The molecular formula is C6H4BF4O2Si. The summed E-state index contributed by atoms with van der Waals surface area (Å²) in [5.74, 6) is -7.58. The lowest BCUT2D eigenvalue weighted by Crippen LogP contribution is -2.20. The summed E-state index contributed by atoms with van der Waals surface area (Å²) < 4.78 is 55.3. The second kappa shape index (κ2) is 4.01. The van der Waals surface area contributed by atoms with E-state index in [1.807, 2.05) is 0 Å². The van der Waals surface area contributed by atoms with Crippen molar-refractivity contribution in [3.05, 3.63) is 23.3 Å². The lowest BCUT2D eigenvalue weighted by molar-refractivity contribution is 0.376. The van der Waals surface area contributed by atoms with Crippen LogP contribution in [0.25, 0.3) is 0 Å². The van der Waals surface area contributed by atoms with E-state index in [9.17, 15) is 17.6 Å². The molecule has 8 heteroatoms. The summed E-state index contributed by atoms with van der Waals surface area (Å²) >= 11 is 0. The Balaban J connectivity index is 3.43. The maximum atomic E-state index is 12.9. The zero-order valence-corrected chi connectivity index (χ0v) is 8.94. The smallest absolute Gasteiger partial charge is 0.533 e. The summed E-state index contributed by atoms with van der Waals surface area (Å²) in [5, 5.41) is 7.46. The van der Waals surface area contributed by atoms with Gasteiger partial charge in [0.1, 0.15) is 0 Å². The Morgan fingerprint density at radius 1 is 1.00 bits per heavy atom. The number of hydrogen-bond acceptors (Lipinski definition) is 2. The van der Waals surface area contributed by atoms with Gasteiger partial charge in [0.25, 0.3) is 0 Å². The van der Waals surface area contributed by atoms with Crippen molar-refractivity contribution in [2.24, 2.45) is 0 Å². The average molecular weight is 223 g/mol. The Morgan fingerprint density at radius 3 is 1.79 bits per heavy atom. The first-order valence-corrected chi connectivity index (χ1v) is 4.45. The molecule has 1 N–H and O–H groups in total. The van der Waals surface area contributed by atoms with Crippen LogP contribution in [0.15, 0.2) is 0 Å². The fraction of sp³-hybridized carbons (Fsp3) is 0. The second-order valence-electron chi connectivity index (χ2n) is 2.43. The van der Waals surface area contributed by atoms with Gasteiger partial charge < -0.3 is 9.68 Å². The summed E-state index contributed by atoms with van der Waals surface area (Å²) in [6, 6.07) is 0. The second-order valence-corrected chi connectivity index (χ2v) is 3.43. The van der Waals surface area contributed by atoms with Crippen LogP contribution in [-0.4, -0.2) is 23.0 Å². The monoisotopic (exact) mass is 223 g/mol. The first-order chi connectivity index (χ1) is 6.50. The van der Waals surface area contributed by atoms with Crippen LogP contribution in [-0.2, 0) is 0 Å². The summed E-state index contributed by atoms with van der Waals surface area (Å²) in [5.41, 5.74) is 0. The Morgan fingerprint density at radius 2 is 1.43 bits per heavy atom. The van der Waals surface area contributed by atoms with Gasteiger partial charge >= 0.3 is 7.69 Å². The number of rotatable bonds is 2. The Hall–Kier alpha value is -1.02. The third-order valence-corrected chi connectivity index (χ3v) is 2.49. The van der Waals surface area contributed by atoms with Crippen molar-refractivity contribution < 1.29 is 27.2 Å². The van der Waals surface area contributed by atoms with Gasteiger partial charge in [-0.25, -0.2) is 8.78 Å². The summed E-state index contributed by atoms with van der Waals surface area (Å²) in [7, 11) is -0.243. The highest BCUT2D eigenvalue weighted by Crippen LogP contribution is 2.24. The number of halogens is 4. The largest absolute Gasteiger partial charge is 0.569 e.